The fraction of sp³-hybridized carbons (Fsp3) is 0.625. The first kappa shape index (κ1) is 11.3. The minimum absolute atomic E-state index is 0.874. The van der Waals surface area contributed by atoms with Crippen LogP contribution in [0.2, 0.25) is 0 Å². The number of fused-ring (bicyclic) bond motifs is 1. The third-order valence-corrected chi connectivity index (χ3v) is 4.35. The Hall–Kier alpha value is -0.820. The van der Waals surface area contributed by atoms with Gasteiger partial charge in [0, 0.05) is 0 Å². The topological polar surface area (TPSA) is 12.0 Å². The van der Waals surface area contributed by atoms with Gasteiger partial charge in [-0.15, -0.1) is 0 Å². The van der Waals surface area contributed by atoms with Crippen LogP contribution in [0.1, 0.15) is 42.4 Å². The summed E-state index contributed by atoms with van der Waals surface area (Å²) in [7, 11) is 0. The standard InChI is InChI=1S/C16H23N/c1-2-4-15-7-6-13(11-16(15)5-3-1)10-14-8-9-17-12-14/h6-7,11,14,17H,1-5,8-10,12H2. The van der Waals surface area contributed by atoms with Gasteiger partial charge in [0.05, 0.1) is 0 Å². The lowest BCUT2D eigenvalue weighted by Gasteiger charge is -2.12. The van der Waals surface area contributed by atoms with Gasteiger partial charge in [0.2, 0.25) is 0 Å². The summed E-state index contributed by atoms with van der Waals surface area (Å²) in [4.78, 5) is 0. The molecule has 0 amide bonds. The SMILES string of the molecule is c1cc2c(cc1CC1CCNC1)CCCCC2. The minimum atomic E-state index is 0.874. The first-order valence-corrected chi connectivity index (χ1v) is 7.23. The molecule has 1 nitrogen and oxygen atoms in total. The summed E-state index contributed by atoms with van der Waals surface area (Å²) in [5.74, 6) is 0.874. The zero-order valence-corrected chi connectivity index (χ0v) is 10.7. The Morgan fingerprint density at radius 2 is 1.94 bits per heavy atom. The molecule has 0 spiro atoms. The van der Waals surface area contributed by atoms with Gasteiger partial charge in [0.1, 0.15) is 0 Å². The maximum Gasteiger partial charge on any atom is -0.00169 e. The van der Waals surface area contributed by atoms with Crippen LogP contribution >= 0.6 is 0 Å². The third kappa shape index (κ3) is 2.71. The molecule has 1 aromatic carbocycles. The molecular weight excluding hydrogens is 206 g/mol. The second-order valence-corrected chi connectivity index (χ2v) is 5.73. The van der Waals surface area contributed by atoms with Crippen molar-refractivity contribution in [1.29, 1.82) is 0 Å². The molecule has 2 aliphatic rings. The van der Waals surface area contributed by atoms with Crippen LogP contribution in [0.4, 0.5) is 0 Å². The average molecular weight is 229 g/mol. The lowest BCUT2D eigenvalue weighted by atomic mass is 9.94. The van der Waals surface area contributed by atoms with Gasteiger partial charge in [0.25, 0.3) is 0 Å². The molecule has 0 saturated carbocycles. The van der Waals surface area contributed by atoms with Gasteiger partial charge in [-0.05, 0) is 74.2 Å². The van der Waals surface area contributed by atoms with Crippen molar-refractivity contribution < 1.29 is 0 Å². The number of hydrogen-bond donors (Lipinski definition) is 1. The molecule has 1 unspecified atom stereocenters. The Balaban J connectivity index is 1.74. The van der Waals surface area contributed by atoms with Crippen LogP contribution in [0, 0.1) is 5.92 Å². The number of benzene rings is 1. The molecule has 1 aromatic rings. The second-order valence-electron chi connectivity index (χ2n) is 5.73. The molecular formula is C16H23N. The summed E-state index contributed by atoms with van der Waals surface area (Å²) in [6, 6.07) is 7.28. The molecule has 1 aliphatic heterocycles. The lowest BCUT2D eigenvalue weighted by molar-refractivity contribution is 0.580. The molecule has 1 aliphatic carbocycles. The quantitative estimate of drug-likeness (QED) is 0.768. The smallest absolute Gasteiger partial charge is 0.00169 e. The van der Waals surface area contributed by atoms with Gasteiger partial charge >= 0.3 is 0 Å². The number of nitrogens with one attached hydrogen (secondary N) is 1. The summed E-state index contributed by atoms with van der Waals surface area (Å²) >= 11 is 0. The van der Waals surface area contributed by atoms with E-state index >= 15 is 0 Å². The Morgan fingerprint density at radius 3 is 2.76 bits per heavy atom. The van der Waals surface area contributed by atoms with E-state index in [1.165, 1.54) is 58.0 Å². The second kappa shape index (κ2) is 5.22. The van der Waals surface area contributed by atoms with Gasteiger partial charge in [-0.2, -0.15) is 0 Å². The van der Waals surface area contributed by atoms with E-state index in [4.69, 9.17) is 0 Å². The molecule has 92 valence electrons. The van der Waals surface area contributed by atoms with E-state index in [1.807, 2.05) is 0 Å². The van der Waals surface area contributed by atoms with Crippen molar-refractivity contribution in [3.8, 4) is 0 Å². The van der Waals surface area contributed by atoms with Crippen LogP contribution in [0.25, 0.3) is 0 Å². The predicted molar refractivity (Wildman–Crippen MR) is 72.4 cm³/mol. The maximum atomic E-state index is 3.46. The highest BCUT2D eigenvalue weighted by Crippen LogP contribution is 2.23. The third-order valence-electron chi connectivity index (χ3n) is 4.35. The molecule has 1 N–H and O–H groups in total. The van der Waals surface area contributed by atoms with E-state index in [0.29, 0.717) is 0 Å². The molecule has 17 heavy (non-hydrogen) atoms. The average Bonchev–Trinajstić information content (AvgIpc) is 2.73. The van der Waals surface area contributed by atoms with Gasteiger partial charge in [0.15, 0.2) is 0 Å². The summed E-state index contributed by atoms with van der Waals surface area (Å²) in [5, 5.41) is 3.46. The molecule has 1 fully saturated rings. The largest absolute Gasteiger partial charge is 0.316 e. The zero-order valence-electron chi connectivity index (χ0n) is 10.7. The van der Waals surface area contributed by atoms with E-state index in [9.17, 15) is 0 Å². The fourth-order valence-corrected chi connectivity index (χ4v) is 3.31. The van der Waals surface area contributed by atoms with E-state index in [1.54, 1.807) is 16.7 Å². The van der Waals surface area contributed by atoms with Crippen molar-refractivity contribution in [3.05, 3.63) is 34.9 Å². The Bertz CT molecular complexity index is 377. The summed E-state index contributed by atoms with van der Waals surface area (Å²) in [6.07, 6.45) is 9.45. The zero-order chi connectivity index (χ0) is 11.5. The Kier molecular flexibility index (Phi) is 3.46. The van der Waals surface area contributed by atoms with Gasteiger partial charge in [-0.25, -0.2) is 0 Å². The van der Waals surface area contributed by atoms with E-state index in [2.05, 4.69) is 23.5 Å². The van der Waals surface area contributed by atoms with Crippen LogP contribution in [0.5, 0.6) is 0 Å². The van der Waals surface area contributed by atoms with Crippen LogP contribution < -0.4 is 5.32 Å². The van der Waals surface area contributed by atoms with Crippen LogP contribution in [-0.2, 0) is 19.3 Å². The lowest BCUT2D eigenvalue weighted by Crippen LogP contribution is -2.11. The summed E-state index contributed by atoms with van der Waals surface area (Å²) < 4.78 is 0. The van der Waals surface area contributed by atoms with E-state index < -0.39 is 0 Å². The van der Waals surface area contributed by atoms with Crippen molar-refractivity contribution in [1.82, 2.24) is 5.32 Å². The van der Waals surface area contributed by atoms with Crippen molar-refractivity contribution in [2.24, 2.45) is 5.92 Å². The van der Waals surface area contributed by atoms with Crippen molar-refractivity contribution in [2.75, 3.05) is 13.1 Å². The van der Waals surface area contributed by atoms with Crippen molar-refractivity contribution in [2.45, 2.75) is 44.9 Å². The van der Waals surface area contributed by atoms with Crippen LogP contribution in [0.15, 0.2) is 18.2 Å². The van der Waals surface area contributed by atoms with Crippen molar-refractivity contribution >= 4 is 0 Å². The van der Waals surface area contributed by atoms with E-state index in [-0.39, 0.29) is 0 Å². The minimum Gasteiger partial charge on any atom is -0.316 e. The molecule has 1 saturated heterocycles. The Labute approximate surface area is 105 Å². The molecule has 1 heterocycles. The highest BCUT2D eigenvalue weighted by molar-refractivity contribution is 5.33. The normalized spacial score (nSPS) is 24.4. The molecule has 3 rings (SSSR count). The molecule has 0 radical (unpaired) electrons. The summed E-state index contributed by atoms with van der Waals surface area (Å²) in [6.45, 7) is 2.44. The fourth-order valence-electron chi connectivity index (χ4n) is 3.31. The van der Waals surface area contributed by atoms with Crippen molar-refractivity contribution in [3.63, 3.8) is 0 Å². The highest BCUT2D eigenvalue weighted by Gasteiger charge is 2.16. The molecule has 1 atom stereocenters. The predicted octanol–water partition coefficient (Wildman–Crippen LogP) is 3.11. The molecule has 0 bridgehead atoms. The molecule has 1 heteroatoms. The number of hydrogen-bond acceptors (Lipinski definition) is 1. The van der Waals surface area contributed by atoms with Gasteiger partial charge in [-0.3, -0.25) is 0 Å². The summed E-state index contributed by atoms with van der Waals surface area (Å²) in [5.41, 5.74) is 4.83. The van der Waals surface area contributed by atoms with Gasteiger partial charge in [-0.1, -0.05) is 24.6 Å². The molecule has 0 aromatic heterocycles. The van der Waals surface area contributed by atoms with Crippen LogP contribution in [0.3, 0.4) is 0 Å². The maximum absolute atomic E-state index is 3.46. The number of rotatable bonds is 2. The van der Waals surface area contributed by atoms with Gasteiger partial charge < -0.3 is 5.32 Å². The monoisotopic (exact) mass is 229 g/mol. The van der Waals surface area contributed by atoms with E-state index in [0.717, 1.165) is 5.92 Å². The first-order chi connectivity index (χ1) is 8.42. The van der Waals surface area contributed by atoms with Crippen LogP contribution in [-0.4, -0.2) is 13.1 Å². The Morgan fingerprint density at radius 1 is 1.06 bits per heavy atom. The number of aryl methyl sites for hydroxylation is 2. The first-order valence-electron chi connectivity index (χ1n) is 7.23. The highest BCUT2D eigenvalue weighted by atomic mass is 14.9.